The molecule has 0 unspecified atom stereocenters. The van der Waals surface area contributed by atoms with Crippen molar-refractivity contribution in [3.63, 3.8) is 0 Å². The molecule has 114 valence electrons. The number of amides is 1. The third-order valence-electron chi connectivity index (χ3n) is 2.47. The second-order valence-corrected chi connectivity index (χ2v) is 5.18. The molecule has 0 radical (unpaired) electrons. The minimum atomic E-state index is 0. The zero-order valence-corrected chi connectivity index (χ0v) is 14.9. The third kappa shape index (κ3) is 13.7. The molecule has 0 aromatic carbocycles. The summed E-state index contributed by atoms with van der Waals surface area (Å²) in [4.78, 5) is 15.5. The summed E-state index contributed by atoms with van der Waals surface area (Å²) in [6.45, 7) is 10.3. The van der Waals surface area contributed by atoms with Gasteiger partial charge in [0.2, 0.25) is 5.91 Å². The Kier molecular flexibility index (Phi) is 13.7. The highest BCUT2D eigenvalue weighted by molar-refractivity contribution is 14.0. The van der Waals surface area contributed by atoms with Crippen LogP contribution in [-0.2, 0) is 4.79 Å². The van der Waals surface area contributed by atoms with Crippen LogP contribution in [0.2, 0.25) is 0 Å². The molecule has 0 aliphatic rings. The van der Waals surface area contributed by atoms with Crippen LogP contribution in [0.15, 0.2) is 4.99 Å². The highest BCUT2D eigenvalue weighted by Gasteiger charge is 2.04. The maximum atomic E-state index is 11.3. The maximum absolute atomic E-state index is 11.3. The molecule has 0 heterocycles. The van der Waals surface area contributed by atoms with E-state index in [0.29, 0.717) is 25.0 Å². The van der Waals surface area contributed by atoms with Gasteiger partial charge in [0.25, 0.3) is 0 Å². The first-order valence-electron chi connectivity index (χ1n) is 6.75. The van der Waals surface area contributed by atoms with E-state index >= 15 is 0 Å². The van der Waals surface area contributed by atoms with Crippen LogP contribution in [-0.4, -0.2) is 31.5 Å². The summed E-state index contributed by atoms with van der Waals surface area (Å²) >= 11 is 0. The number of rotatable bonds is 8. The molecule has 0 atom stereocenters. The monoisotopic (exact) mass is 384 g/mol. The predicted octanol–water partition coefficient (Wildman–Crippen LogP) is 1.72. The summed E-state index contributed by atoms with van der Waals surface area (Å²) in [6.07, 6.45) is 1.89. The highest BCUT2D eigenvalue weighted by atomic mass is 127. The van der Waals surface area contributed by atoms with Gasteiger partial charge in [0.15, 0.2) is 5.96 Å². The van der Waals surface area contributed by atoms with Gasteiger partial charge in [-0.15, -0.1) is 24.0 Å². The molecule has 4 N–H and O–H groups in total. The fourth-order valence-corrected chi connectivity index (χ4v) is 1.24. The predicted molar refractivity (Wildman–Crippen MR) is 91.8 cm³/mol. The van der Waals surface area contributed by atoms with Crippen LogP contribution >= 0.6 is 24.0 Å². The minimum absolute atomic E-state index is 0. The van der Waals surface area contributed by atoms with Crippen molar-refractivity contribution in [2.24, 2.45) is 22.6 Å². The van der Waals surface area contributed by atoms with Gasteiger partial charge in [-0.05, 0) is 18.8 Å². The Labute approximate surface area is 134 Å². The molecule has 0 rings (SSSR count). The number of carbonyl (C=O) groups excluding carboxylic acids is 1. The average Bonchev–Trinajstić information content (AvgIpc) is 2.27. The Morgan fingerprint density at radius 3 is 2.32 bits per heavy atom. The Hall–Kier alpha value is -0.530. The van der Waals surface area contributed by atoms with Gasteiger partial charge in [0.05, 0.1) is 0 Å². The third-order valence-corrected chi connectivity index (χ3v) is 2.47. The lowest BCUT2D eigenvalue weighted by Gasteiger charge is -2.08. The molecule has 6 heteroatoms. The van der Waals surface area contributed by atoms with Crippen LogP contribution in [0.3, 0.4) is 0 Å². The number of carbonyl (C=O) groups is 1. The number of guanidine groups is 1. The van der Waals surface area contributed by atoms with Gasteiger partial charge in [-0.3, -0.25) is 9.79 Å². The first-order valence-corrected chi connectivity index (χ1v) is 6.75. The van der Waals surface area contributed by atoms with E-state index in [-0.39, 0.29) is 35.8 Å². The zero-order valence-electron chi connectivity index (χ0n) is 12.5. The number of aliphatic imine (C=N–C) groups is 1. The van der Waals surface area contributed by atoms with Crippen molar-refractivity contribution in [3.8, 4) is 0 Å². The number of hydrogen-bond donors (Lipinski definition) is 3. The SMILES string of the molecule is CC(C)CCNC(N)=NCCCNC(=O)C(C)C.I. The molecule has 1 amide bonds. The first-order chi connectivity index (χ1) is 8.43. The highest BCUT2D eigenvalue weighted by Crippen LogP contribution is 1.95. The standard InChI is InChI=1S/C13H28N4O.HI/c1-10(2)6-9-17-13(14)16-8-5-7-15-12(18)11(3)4;/h10-11H,5-9H2,1-4H3,(H,15,18)(H3,14,16,17);1H. The normalized spacial score (nSPS) is 11.4. The van der Waals surface area contributed by atoms with E-state index in [1.165, 1.54) is 0 Å². The Bertz CT molecular complexity index is 267. The number of hydrogen-bond acceptors (Lipinski definition) is 2. The summed E-state index contributed by atoms with van der Waals surface area (Å²) in [5.41, 5.74) is 5.70. The summed E-state index contributed by atoms with van der Waals surface area (Å²) in [5, 5.41) is 5.92. The minimum Gasteiger partial charge on any atom is -0.370 e. The lowest BCUT2D eigenvalue weighted by atomic mass is 10.1. The molecule has 0 aromatic rings. The van der Waals surface area contributed by atoms with Crippen LogP contribution in [0, 0.1) is 11.8 Å². The summed E-state index contributed by atoms with van der Waals surface area (Å²) in [7, 11) is 0. The van der Waals surface area contributed by atoms with Gasteiger partial charge in [-0.2, -0.15) is 0 Å². The van der Waals surface area contributed by atoms with Crippen molar-refractivity contribution in [2.75, 3.05) is 19.6 Å². The fraction of sp³-hybridized carbons (Fsp3) is 0.846. The van der Waals surface area contributed by atoms with Crippen molar-refractivity contribution >= 4 is 35.8 Å². The molecule has 0 saturated heterocycles. The van der Waals surface area contributed by atoms with Gasteiger partial charge in [0.1, 0.15) is 0 Å². The molecule has 5 nitrogen and oxygen atoms in total. The van der Waals surface area contributed by atoms with Gasteiger partial charge in [-0.1, -0.05) is 27.7 Å². The number of nitrogens with two attached hydrogens (primary N) is 1. The summed E-state index contributed by atoms with van der Waals surface area (Å²) in [6, 6.07) is 0. The summed E-state index contributed by atoms with van der Waals surface area (Å²) < 4.78 is 0. The van der Waals surface area contributed by atoms with Crippen LogP contribution in [0.25, 0.3) is 0 Å². The fourth-order valence-electron chi connectivity index (χ4n) is 1.24. The number of halogens is 1. The molecular weight excluding hydrogens is 355 g/mol. The molecule has 0 spiro atoms. The van der Waals surface area contributed by atoms with E-state index in [2.05, 4.69) is 29.5 Å². The van der Waals surface area contributed by atoms with E-state index in [1.807, 2.05) is 13.8 Å². The number of nitrogens with one attached hydrogen (secondary N) is 2. The molecule has 0 fully saturated rings. The molecule has 0 aliphatic carbocycles. The van der Waals surface area contributed by atoms with Gasteiger partial charge < -0.3 is 16.4 Å². The van der Waals surface area contributed by atoms with Gasteiger partial charge in [0, 0.05) is 25.6 Å². The van der Waals surface area contributed by atoms with Crippen LogP contribution in [0.4, 0.5) is 0 Å². The first kappa shape index (κ1) is 20.8. The lowest BCUT2D eigenvalue weighted by Crippen LogP contribution is -2.33. The number of nitrogens with zero attached hydrogens (tertiary/aromatic N) is 1. The lowest BCUT2D eigenvalue weighted by molar-refractivity contribution is -0.123. The van der Waals surface area contributed by atoms with E-state index < -0.39 is 0 Å². The topological polar surface area (TPSA) is 79.5 Å². The van der Waals surface area contributed by atoms with Crippen LogP contribution in [0.5, 0.6) is 0 Å². The molecule has 0 bridgehead atoms. The van der Waals surface area contributed by atoms with Crippen LogP contribution < -0.4 is 16.4 Å². The smallest absolute Gasteiger partial charge is 0.222 e. The van der Waals surface area contributed by atoms with Crippen molar-refractivity contribution in [1.29, 1.82) is 0 Å². The quantitative estimate of drug-likeness (QED) is 0.258. The van der Waals surface area contributed by atoms with E-state index in [9.17, 15) is 4.79 Å². The average molecular weight is 384 g/mol. The largest absolute Gasteiger partial charge is 0.370 e. The summed E-state index contributed by atoms with van der Waals surface area (Å²) in [5.74, 6) is 1.28. The van der Waals surface area contributed by atoms with Crippen molar-refractivity contribution < 1.29 is 4.79 Å². The Morgan fingerprint density at radius 1 is 1.16 bits per heavy atom. The van der Waals surface area contributed by atoms with E-state index in [0.717, 1.165) is 19.4 Å². The Morgan fingerprint density at radius 2 is 1.79 bits per heavy atom. The van der Waals surface area contributed by atoms with E-state index in [1.54, 1.807) is 0 Å². The van der Waals surface area contributed by atoms with Crippen molar-refractivity contribution in [2.45, 2.75) is 40.5 Å². The van der Waals surface area contributed by atoms with Gasteiger partial charge in [-0.25, -0.2) is 0 Å². The second kappa shape index (κ2) is 12.5. The molecule has 0 aliphatic heterocycles. The maximum Gasteiger partial charge on any atom is 0.222 e. The molecule has 19 heavy (non-hydrogen) atoms. The molecule has 0 aromatic heterocycles. The zero-order chi connectivity index (χ0) is 14.0. The molecule has 0 saturated carbocycles. The van der Waals surface area contributed by atoms with Crippen molar-refractivity contribution in [1.82, 2.24) is 10.6 Å². The molecular formula is C13H29IN4O. The van der Waals surface area contributed by atoms with Crippen molar-refractivity contribution in [3.05, 3.63) is 0 Å². The van der Waals surface area contributed by atoms with Gasteiger partial charge >= 0.3 is 0 Å². The second-order valence-electron chi connectivity index (χ2n) is 5.18. The van der Waals surface area contributed by atoms with Crippen LogP contribution in [0.1, 0.15) is 40.5 Å². The Balaban J connectivity index is 0. The van der Waals surface area contributed by atoms with E-state index in [4.69, 9.17) is 5.73 Å².